The highest BCUT2D eigenvalue weighted by Crippen LogP contribution is 2.25. The Hall–Kier alpha value is -0.380. The Morgan fingerprint density at radius 1 is 1.24 bits per heavy atom. The fraction of sp³-hybridized carbons (Fsp3) is 0.667. The zero-order valence-corrected chi connectivity index (χ0v) is 15.7. The molecule has 0 saturated heterocycles. The third-order valence-corrected chi connectivity index (χ3v) is 4.76. The minimum atomic E-state index is -0.0377. The predicted molar refractivity (Wildman–Crippen MR) is 94.8 cm³/mol. The van der Waals surface area contributed by atoms with Gasteiger partial charge in [-0.2, -0.15) is 0 Å². The second-order valence-corrected chi connectivity index (χ2v) is 7.58. The third kappa shape index (κ3) is 7.44. The summed E-state index contributed by atoms with van der Waals surface area (Å²) >= 11 is 3.66. The van der Waals surface area contributed by atoms with Gasteiger partial charge in [0.1, 0.15) is 0 Å². The highest BCUT2D eigenvalue weighted by molar-refractivity contribution is 9.10. The van der Waals surface area contributed by atoms with Crippen molar-refractivity contribution in [3.8, 4) is 0 Å². The van der Waals surface area contributed by atoms with Crippen LogP contribution in [-0.4, -0.2) is 25.3 Å². The highest BCUT2D eigenvalue weighted by Gasteiger charge is 2.20. The summed E-state index contributed by atoms with van der Waals surface area (Å²) in [5.41, 5.74) is 1.35. The monoisotopic (exact) mass is 355 g/mol. The van der Waals surface area contributed by atoms with Gasteiger partial charge in [-0.25, -0.2) is 0 Å². The van der Waals surface area contributed by atoms with Crippen molar-refractivity contribution in [1.82, 2.24) is 5.32 Å². The molecule has 1 atom stereocenters. The van der Waals surface area contributed by atoms with Crippen molar-refractivity contribution >= 4 is 15.9 Å². The van der Waals surface area contributed by atoms with Crippen LogP contribution in [0.15, 0.2) is 28.7 Å². The van der Waals surface area contributed by atoms with Crippen LogP contribution in [0.25, 0.3) is 0 Å². The molecule has 0 aliphatic heterocycles. The molecule has 0 saturated carbocycles. The number of benzene rings is 1. The maximum absolute atomic E-state index is 5.56. The Morgan fingerprint density at radius 3 is 2.48 bits per heavy atom. The second-order valence-electron chi connectivity index (χ2n) is 6.73. The Kier molecular flexibility index (Phi) is 7.93. The molecule has 0 bridgehead atoms. The van der Waals surface area contributed by atoms with Crippen molar-refractivity contribution in [3.05, 3.63) is 34.3 Å². The van der Waals surface area contributed by atoms with E-state index in [1.165, 1.54) is 16.5 Å². The van der Waals surface area contributed by atoms with E-state index in [0.29, 0.717) is 12.0 Å². The lowest BCUT2D eigenvalue weighted by Crippen LogP contribution is -2.32. The molecular formula is C18H30BrNO. The highest BCUT2D eigenvalue weighted by atomic mass is 79.9. The molecule has 0 spiro atoms. The summed E-state index contributed by atoms with van der Waals surface area (Å²) in [6.07, 6.45) is 3.35. The van der Waals surface area contributed by atoms with Gasteiger partial charge in [0.2, 0.25) is 0 Å². The van der Waals surface area contributed by atoms with E-state index in [0.717, 1.165) is 19.4 Å². The molecule has 0 heterocycles. The van der Waals surface area contributed by atoms with Gasteiger partial charge in [0, 0.05) is 17.6 Å². The maximum atomic E-state index is 5.56. The van der Waals surface area contributed by atoms with Crippen LogP contribution < -0.4 is 5.32 Å². The molecule has 2 nitrogen and oxygen atoms in total. The van der Waals surface area contributed by atoms with Crippen LogP contribution in [0, 0.1) is 5.92 Å². The molecule has 1 aromatic carbocycles. The van der Waals surface area contributed by atoms with E-state index >= 15 is 0 Å². The van der Waals surface area contributed by atoms with Crippen LogP contribution >= 0.6 is 15.9 Å². The smallest absolute Gasteiger partial charge is 0.0622 e. The number of halogens is 1. The van der Waals surface area contributed by atoms with Gasteiger partial charge in [-0.1, -0.05) is 48.0 Å². The van der Waals surface area contributed by atoms with Gasteiger partial charge in [0.05, 0.1) is 5.60 Å². The number of nitrogens with one attached hydrogen (secondary N) is 1. The van der Waals surface area contributed by atoms with Crippen LogP contribution in [0.1, 0.15) is 46.1 Å². The first-order valence-corrected chi connectivity index (χ1v) is 8.65. The van der Waals surface area contributed by atoms with Crippen molar-refractivity contribution < 1.29 is 4.74 Å². The maximum Gasteiger partial charge on any atom is 0.0622 e. The lowest BCUT2D eigenvalue weighted by molar-refractivity contribution is 0.0103. The fourth-order valence-electron chi connectivity index (χ4n) is 2.31. The van der Waals surface area contributed by atoms with Crippen molar-refractivity contribution in [2.45, 2.75) is 58.6 Å². The number of hydrogen-bond donors (Lipinski definition) is 1. The van der Waals surface area contributed by atoms with Crippen LogP contribution in [0.3, 0.4) is 0 Å². The van der Waals surface area contributed by atoms with Crippen molar-refractivity contribution in [3.63, 3.8) is 0 Å². The minimum absolute atomic E-state index is 0.0377. The van der Waals surface area contributed by atoms with E-state index in [1.54, 1.807) is 7.11 Å². The molecule has 3 heteroatoms. The summed E-state index contributed by atoms with van der Waals surface area (Å²) in [6.45, 7) is 9.79. The summed E-state index contributed by atoms with van der Waals surface area (Å²) in [5, 5.41) is 3.58. The van der Waals surface area contributed by atoms with E-state index < -0.39 is 0 Å². The van der Waals surface area contributed by atoms with E-state index in [9.17, 15) is 0 Å². The van der Waals surface area contributed by atoms with Gasteiger partial charge < -0.3 is 10.1 Å². The Morgan fingerprint density at radius 2 is 1.90 bits per heavy atom. The molecule has 0 aliphatic carbocycles. The Balaban J connectivity index is 2.66. The predicted octanol–water partition coefficient (Wildman–Crippen LogP) is 4.81. The van der Waals surface area contributed by atoms with Crippen LogP contribution in [-0.2, 0) is 11.2 Å². The lowest BCUT2D eigenvalue weighted by Gasteiger charge is -2.27. The van der Waals surface area contributed by atoms with E-state index in [1.807, 2.05) is 0 Å². The fourth-order valence-corrected chi connectivity index (χ4v) is 2.75. The normalized spacial score (nSPS) is 13.7. The van der Waals surface area contributed by atoms with Gasteiger partial charge in [0.15, 0.2) is 0 Å². The van der Waals surface area contributed by atoms with E-state index in [-0.39, 0.29) is 5.60 Å². The SMILES string of the molecule is COC(C)(C)CCC(CNC(C)C)Cc1ccccc1Br. The van der Waals surface area contributed by atoms with Gasteiger partial charge in [-0.15, -0.1) is 0 Å². The van der Waals surface area contributed by atoms with Gasteiger partial charge in [0.25, 0.3) is 0 Å². The minimum Gasteiger partial charge on any atom is -0.379 e. The summed E-state index contributed by atoms with van der Waals surface area (Å²) in [5.74, 6) is 0.625. The standard InChI is InChI=1S/C18H30BrNO/c1-14(2)20-13-15(10-11-18(3,4)21-5)12-16-8-6-7-9-17(16)19/h6-9,14-15,20H,10-13H2,1-5H3. The molecule has 21 heavy (non-hydrogen) atoms. The first-order chi connectivity index (χ1) is 9.84. The number of ether oxygens (including phenoxy) is 1. The second kappa shape index (κ2) is 8.92. The van der Waals surface area contributed by atoms with Crippen LogP contribution in [0.2, 0.25) is 0 Å². The molecular weight excluding hydrogens is 326 g/mol. The summed E-state index contributed by atoms with van der Waals surface area (Å²) in [7, 11) is 1.80. The average molecular weight is 356 g/mol. The summed E-state index contributed by atoms with van der Waals surface area (Å²) in [4.78, 5) is 0. The molecule has 120 valence electrons. The number of methoxy groups -OCH3 is 1. The molecule has 1 N–H and O–H groups in total. The van der Waals surface area contributed by atoms with Gasteiger partial charge in [-0.05, 0) is 57.2 Å². The van der Waals surface area contributed by atoms with Crippen molar-refractivity contribution in [2.24, 2.45) is 5.92 Å². The summed E-state index contributed by atoms with van der Waals surface area (Å²) < 4.78 is 6.77. The Bertz CT molecular complexity index is 417. The Labute approximate surface area is 138 Å². The topological polar surface area (TPSA) is 21.3 Å². The van der Waals surface area contributed by atoms with Gasteiger partial charge in [-0.3, -0.25) is 0 Å². The molecule has 1 aromatic rings. The lowest BCUT2D eigenvalue weighted by atomic mass is 9.90. The third-order valence-electron chi connectivity index (χ3n) is 3.99. The molecule has 0 radical (unpaired) electrons. The van der Waals surface area contributed by atoms with E-state index in [2.05, 4.69) is 73.2 Å². The first kappa shape index (κ1) is 18.7. The van der Waals surface area contributed by atoms with E-state index in [4.69, 9.17) is 4.74 Å². The largest absolute Gasteiger partial charge is 0.379 e. The first-order valence-electron chi connectivity index (χ1n) is 7.86. The zero-order chi connectivity index (χ0) is 15.9. The number of hydrogen-bond acceptors (Lipinski definition) is 2. The molecule has 0 amide bonds. The molecule has 0 aromatic heterocycles. The number of rotatable bonds is 9. The van der Waals surface area contributed by atoms with Crippen LogP contribution in [0.5, 0.6) is 0 Å². The quantitative estimate of drug-likeness (QED) is 0.686. The van der Waals surface area contributed by atoms with Gasteiger partial charge >= 0.3 is 0 Å². The van der Waals surface area contributed by atoms with Crippen molar-refractivity contribution in [2.75, 3.05) is 13.7 Å². The average Bonchev–Trinajstić information content (AvgIpc) is 2.44. The molecule has 0 aliphatic rings. The molecule has 1 rings (SSSR count). The van der Waals surface area contributed by atoms with Crippen LogP contribution in [0.4, 0.5) is 0 Å². The summed E-state index contributed by atoms with van der Waals surface area (Å²) in [6, 6.07) is 9.06. The van der Waals surface area contributed by atoms with Crippen molar-refractivity contribution in [1.29, 1.82) is 0 Å². The molecule has 0 fully saturated rings. The molecule has 1 unspecified atom stereocenters. The zero-order valence-electron chi connectivity index (χ0n) is 14.1.